The first-order chi connectivity index (χ1) is 7.13. The highest BCUT2D eigenvalue weighted by atomic mass is 19.3. The van der Waals surface area contributed by atoms with Crippen molar-refractivity contribution in [2.75, 3.05) is 0 Å². The van der Waals surface area contributed by atoms with Crippen LogP contribution in [-0.2, 0) is 6.54 Å². The molecule has 0 aromatic carbocycles. The zero-order chi connectivity index (χ0) is 11.4. The SMILES string of the molecule is N#Cc1nc(C=O)cc(C(F)F)c1CN. The van der Waals surface area contributed by atoms with Crippen molar-refractivity contribution in [3.63, 3.8) is 0 Å². The van der Waals surface area contributed by atoms with E-state index in [1.54, 1.807) is 6.07 Å². The van der Waals surface area contributed by atoms with Crippen LogP contribution >= 0.6 is 0 Å². The van der Waals surface area contributed by atoms with Gasteiger partial charge in [0.25, 0.3) is 6.43 Å². The van der Waals surface area contributed by atoms with Gasteiger partial charge in [0.1, 0.15) is 17.5 Å². The van der Waals surface area contributed by atoms with E-state index >= 15 is 0 Å². The van der Waals surface area contributed by atoms with Crippen molar-refractivity contribution < 1.29 is 13.6 Å². The number of alkyl halides is 2. The predicted molar refractivity (Wildman–Crippen MR) is 47.2 cm³/mol. The summed E-state index contributed by atoms with van der Waals surface area (Å²) in [6, 6.07) is 2.58. The van der Waals surface area contributed by atoms with Crippen molar-refractivity contribution in [2.24, 2.45) is 5.73 Å². The molecule has 0 aliphatic heterocycles. The lowest BCUT2D eigenvalue weighted by atomic mass is 10.1. The normalized spacial score (nSPS) is 10.1. The number of halogens is 2. The van der Waals surface area contributed by atoms with E-state index in [4.69, 9.17) is 11.0 Å². The van der Waals surface area contributed by atoms with Crippen LogP contribution in [0.25, 0.3) is 0 Å². The van der Waals surface area contributed by atoms with Gasteiger partial charge in [0, 0.05) is 17.7 Å². The van der Waals surface area contributed by atoms with E-state index in [0.29, 0.717) is 6.29 Å². The van der Waals surface area contributed by atoms with E-state index in [0.717, 1.165) is 6.07 Å². The standard InChI is InChI=1S/C9H7F2N3O/c10-9(11)6-1-5(4-15)14-8(3-13)7(6)2-12/h1,4,9H,2,12H2. The first-order valence-electron chi connectivity index (χ1n) is 4.01. The maximum atomic E-state index is 12.5. The van der Waals surface area contributed by atoms with Crippen molar-refractivity contribution in [1.82, 2.24) is 4.98 Å². The van der Waals surface area contributed by atoms with Gasteiger partial charge in [-0.25, -0.2) is 13.8 Å². The first-order valence-corrected chi connectivity index (χ1v) is 4.01. The van der Waals surface area contributed by atoms with E-state index in [1.165, 1.54) is 0 Å². The zero-order valence-corrected chi connectivity index (χ0v) is 7.58. The quantitative estimate of drug-likeness (QED) is 0.761. The van der Waals surface area contributed by atoms with Crippen molar-refractivity contribution >= 4 is 6.29 Å². The monoisotopic (exact) mass is 211 g/mol. The number of aldehydes is 1. The fourth-order valence-corrected chi connectivity index (χ4v) is 1.17. The molecule has 0 fully saturated rings. The summed E-state index contributed by atoms with van der Waals surface area (Å²) >= 11 is 0. The summed E-state index contributed by atoms with van der Waals surface area (Å²) in [5.41, 5.74) is 4.40. The van der Waals surface area contributed by atoms with Gasteiger partial charge in [-0.15, -0.1) is 0 Å². The Bertz CT molecular complexity index is 426. The summed E-state index contributed by atoms with van der Waals surface area (Å²) in [6.45, 7) is -0.214. The fourth-order valence-electron chi connectivity index (χ4n) is 1.17. The Morgan fingerprint density at radius 1 is 1.67 bits per heavy atom. The Hall–Kier alpha value is -1.87. The largest absolute Gasteiger partial charge is 0.326 e. The van der Waals surface area contributed by atoms with Crippen LogP contribution in [-0.4, -0.2) is 11.3 Å². The summed E-state index contributed by atoms with van der Waals surface area (Å²) in [7, 11) is 0. The lowest BCUT2D eigenvalue weighted by Crippen LogP contribution is -2.08. The molecule has 0 saturated heterocycles. The smallest absolute Gasteiger partial charge is 0.264 e. The third-order valence-electron chi connectivity index (χ3n) is 1.84. The predicted octanol–water partition coefficient (Wildman–Crippen LogP) is 1.16. The molecule has 0 bridgehead atoms. The van der Waals surface area contributed by atoms with E-state index in [9.17, 15) is 13.6 Å². The number of carbonyl (C=O) groups excluding carboxylic acids is 1. The molecular formula is C9H7F2N3O. The lowest BCUT2D eigenvalue weighted by molar-refractivity contribution is 0.111. The summed E-state index contributed by atoms with van der Waals surface area (Å²) in [5, 5.41) is 8.65. The van der Waals surface area contributed by atoms with Gasteiger partial charge < -0.3 is 5.73 Å². The molecule has 0 saturated carbocycles. The van der Waals surface area contributed by atoms with Gasteiger partial charge in [-0.3, -0.25) is 4.79 Å². The molecule has 0 spiro atoms. The van der Waals surface area contributed by atoms with Crippen LogP contribution in [0, 0.1) is 11.3 Å². The Labute approximate surface area is 84.3 Å². The highest BCUT2D eigenvalue weighted by Crippen LogP contribution is 2.24. The Morgan fingerprint density at radius 3 is 2.73 bits per heavy atom. The Kier molecular flexibility index (Phi) is 3.42. The van der Waals surface area contributed by atoms with Crippen LogP contribution in [0.5, 0.6) is 0 Å². The molecule has 0 aliphatic rings. The topological polar surface area (TPSA) is 79.8 Å². The molecule has 1 rings (SSSR count). The average molecular weight is 211 g/mol. The van der Waals surface area contributed by atoms with E-state index < -0.39 is 12.0 Å². The second kappa shape index (κ2) is 4.57. The average Bonchev–Trinajstić information content (AvgIpc) is 2.26. The third-order valence-corrected chi connectivity index (χ3v) is 1.84. The minimum atomic E-state index is -2.78. The van der Waals surface area contributed by atoms with E-state index in [2.05, 4.69) is 4.98 Å². The van der Waals surface area contributed by atoms with Gasteiger partial charge in [-0.2, -0.15) is 5.26 Å². The zero-order valence-electron chi connectivity index (χ0n) is 7.58. The van der Waals surface area contributed by atoms with Gasteiger partial charge in [0.05, 0.1) is 0 Å². The molecule has 0 unspecified atom stereocenters. The number of carbonyl (C=O) groups is 1. The van der Waals surface area contributed by atoms with Gasteiger partial charge in [0.2, 0.25) is 0 Å². The van der Waals surface area contributed by atoms with E-state index in [-0.39, 0.29) is 23.5 Å². The van der Waals surface area contributed by atoms with Crippen LogP contribution in [0.1, 0.15) is 33.7 Å². The van der Waals surface area contributed by atoms with Gasteiger partial charge in [-0.05, 0) is 6.07 Å². The molecule has 1 heterocycles. The highest BCUT2D eigenvalue weighted by Gasteiger charge is 2.17. The summed E-state index contributed by atoms with van der Waals surface area (Å²) in [5.74, 6) is 0. The van der Waals surface area contributed by atoms with Gasteiger partial charge >= 0.3 is 0 Å². The number of nitrogens with two attached hydrogens (primary N) is 1. The van der Waals surface area contributed by atoms with Crippen molar-refractivity contribution in [1.29, 1.82) is 5.26 Å². The molecule has 6 heteroatoms. The van der Waals surface area contributed by atoms with Crippen molar-refractivity contribution in [3.8, 4) is 6.07 Å². The number of pyridine rings is 1. The molecule has 78 valence electrons. The minimum Gasteiger partial charge on any atom is -0.326 e. The minimum absolute atomic E-state index is 0.0156. The maximum absolute atomic E-state index is 12.5. The first kappa shape index (κ1) is 11.2. The molecule has 0 amide bonds. The number of rotatable bonds is 3. The molecule has 0 aliphatic carbocycles. The van der Waals surface area contributed by atoms with Crippen molar-refractivity contribution in [3.05, 3.63) is 28.6 Å². The number of nitriles is 1. The number of hydrogen-bond acceptors (Lipinski definition) is 4. The second-order valence-corrected chi connectivity index (χ2v) is 2.70. The molecular weight excluding hydrogens is 204 g/mol. The molecule has 4 nitrogen and oxygen atoms in total. The third kappa shape index (κ3) is 2.14. The lowest BCUT2D eigenvalue weighted by Gasteiger charge is -2.08. The summed E-state index contributed by atoms with van der Waals surface area (Å²) in [4.78, 5) is 14.0. The molecule has 15 heavy (non-hydrogen) atoms. The van der Waals surface area contributed by atoms with Gasteiger partial charge in [0.15, 0.2) is 6.29 Å². The van der Waals surface area contributed by atoms with Crippen LogP contribution in [0.15, 0.2) is 6.07 Å². The van der Waals surface area contributed by atoms with Crippen LogP contribution in [0.4, 0.5) is 8.78 Å². The molecule has 1 aromatic heterocycles. The Balaban J connectivity index is 3.47. The molecule has 2 N–H and O–H groups in total. The van der Waals surface area contributed by atoms with Crippen LogP contribution < -0.4 is 5.73 Å². The second-order valence-electron chi connectivity index (χ2n) is 2.70. The number of nitrogens with zero attached hydrogens (tertiary/aromatic N) is 2. The van der Waals surface area contributed by atoms with Gasteiger partial charge in [-0.1, -0.05) is 0 Å². The van der Waals surface area contributed by atoms with Crippen molar-refractivity contribution in [2.45, 2.75) is 13.0 Å². The van der Waals surface area contributed by atoms with E-state index in [1.807, 2.05) is 0 Å². The highest BCUT2D eigenvalue weighted by molar-refractivity contribution is 5.73. The summed E-state index contributed by atoms with van der Waals surface area (Å²) in [6.07, 6.45) is -2.47. The fraction of sp³-hybridized carbons (Fsp3) is 0.222. The maximum Gasteiger partial charge on any atom is 0.264 e. The number of hydrogen-bond donors (Lipinski definition) is 1. The molecule has 1 aromatic rings. The summed E-state index contributed by atoms with van der Waals surface area (Å²) < 4.78 is 25.1. The number of aromatic nitrogens is 1. The Morgan fingerprint density at radius 2 is 2.33 bits per heavy atom. The van der Waals surface area contributed by atoms with Crippen LogP contribution in [0.3, 0.4) is 0 Å². The molecule has 0 atom stereocenters. The van der Waals surface area contributed by atoms with Crippen LogP contribution in [0.2, 0.25) is 0 Å². The molecule has 0 radical (unpaired) electrons.